The lowest BCUT2D eigenvalue weighted by atomic mass is 9.88. The molecule has 8 heteroatoms. The monoisotopic (exact) mass is 594 g/mol. The maximum absolute atomic E-state index is 12.8. The lowest BCUT2D eigenvalue weighted by Gasteiger charge is -2.26. The summed E-state index contributed by atoms with van der Waals surface area (Å²) in [5, 5.41) is 0. The van der Waals surface area contributed by atoms with E-state index < -0.39 is 11.7 Å². The fourth-order valence-corrected chi connectivity index (χ4v) is 4.91. The molecule has 4 rings (SSSR count). The average Bonchev–Trinajstić information content (AvgIpc) is 3.42. The number of ether oxygens (including phenoxy) is 2. The van der Waals surface area contributed by atoms with Gasteiger partial charge in [0.25, 0.3) is 0 Å². The molecule has 0 unspecified atom stereocenters. The molecule has 44 heavy (non-hydrogen) atoms. The van der Waals surface area contributed by atoms with Crippen molar-refractivity contribution in [2.45, 2.75) is 46.1 Å². The van der Waals surface area contributed by atoms with Crippen LogP contribution in [-0.2, 0) is 16.0 Å². The Morgan fingerprint density at radius 1 is 0.977 bits per heavy atom. The van der Waals surface area contributed by atoms with Crippen LogP contribution in [0.15, 0.2) is 84.7 Å². The Bertz CT molecular complexity index is 1530. The Hall–Kier alpha value is -4.72. The number of allylic oxidation sites excluding steroid dienone is 3. The van der Waals surface area contributed by atoms with Crippen LogP contribution in [0, 0.1) is 0 Å². The number of hydrogen-bond donors (Lipinski definition) is 0. The number of hydrogen-bond acceptors (Lipinski definition) is 6. The molecule has 1 aliphatic carbocycles. The van der Waals surface area contributed by atoms with Gasteiger partial charge in [0.05, 0.1) is 12.2 Å². The minimum absolute atomic E-state index is 0.157. The first-order valence-electron chi connectivity index (χ1n) is 14.9. The molecule has 230 valence electrons. The molecule has 0 saturated carbocycles. The molecule has 0 radical (unpaired) electrons. The molecule has 2 heterocycles. The van der Waals surface area contributed by atoms with E-state index in [-0.39, 0.29) is 25.6 Å². The minimum atomic E-state index is -0.648. The van der Waals surface area contributed by atoms with Crippen molar-refractivity contribution < 1.29 is 19.1 Å². The average molecular weight is 595 g/mol. The molecular formula is C36H42N4O4. The SMILES string of the molecule is CC/C(=C(\C1=Cc2cccnc2C1)c1ccc(OCCN(C/C=C/C(=O)N(C)C)C(=O)OC(C)(C)C)nc1)c1ccccc1. The van der Waals surface area contributed by atoms with E-state index in [4.69, 9.17) is 9.47 Å². The van der Waals surface area contributed by atoms with Gasteiger partial charge < -0.3 is 19.3 Å². The summed E-state index contributed by atoms with van der Waals surface area (Å²) in [6.45, 7) is 8.31. The summed E-state index contributed by atoms with van der Waals surface area (Å²) in [5.41, 5.74) is 7.37. The molecule has 1 aromatic carbocycles. The molecule has 0 N–H and O–H groups in total. The fourth-order valence-electron chi connectivity index (χ4n) is 4.91. The van der Waals surface area contributed by atoms with E-state index in [2.05, 4.69) is 53.3 Å². The molecular weight excluding hydrogens is 552 g/mol. The smallest absolute Gasteiger partial charge is 0.410 e. The summed E-state index contributed by atoms with van der Waals surface area (Å²) >= 11 is 0. The quantitative estimate of drug-likeness (QED) is 0.230. The summed E-state index contributed by atoms with van der Waals surface area (Å²) in [6.07, 6.45) is 10.1. The number of carbonyl (C=O) groups is 2. The van der Waals surface area contributed by atoms with E-state index in [0.29, 0.717) is 5.88 Å². The third-order valence-electron chi connectivity index (χ3n) is 7.03. The highest BCUT2D eigenvalue weighted by molar-refractivity contribution is 6.01. The highest BCUT2D eigenvalue weighted by atomic mass is 16.6. The van der Waals surface area contributed by atoms with E-state index in [1.807, 2.05) is 57.4 Å². The van der Waals surface area contributed by atoms with Gasteiger partial charge in [-0.3, -0.25) is 9.78 Å². The molecule has 0 bridgehead atoms. The lowest BCUT2D eigenvalue weighted by Crippen LogP contribution is -2.39. The zero-order valence-corrected chi connectivity index (χ0v) is 26.5. The predicted molar refractivity (Wildman–Crippen MR) is 175 cm³/mol. The zero-order valence-electron chi connectivity index (χ0n) is 26.5. The van der Waals surface area contributed by atoms with Gasteiger partial charge in [0.2, 0.25) is 11.8 Å². The molecule has 3 aromatic rings. The van der Waals surface area contributed by atoms with Crippen molar-refractivity contribution in [3.05, 3.63) is 107 Å². The zero-order chi connectivity index (χ0) is 31.7. The summed E-state index contributed by atoms with van der Waals surface area (Å²) in [4.78, 5) is 37.0. The van der Waals surface area contributed by atoms with Crippen LogP contribution in [0.25, 0.3) is 17.2 Å². The normalized spacial score (nSPS) is 13.2. The number of aromatic nitrogens is 2. The Morgan fingerprint density at radius 2 is 1.75 bits per heavy atom. The number of benzene rings is 1. The number of amides is 2. The van der Waals surface area contributed by atoms with E-state index in [1.54, 1.807) is 20.2 Å². The first-order chi connectivity index (χ1) is 21.1. The van der Waals surface area contributed by atoms with Gasteiger partial charge in [-0.15, -0.1) is 0 Å². The van der Waals surface area contributed by atoms with Crippen LogP contribution in [0.5, 0.6) is 5.88 Å². The van der Waals surface area contributed by atoms with Gasteiger partial charge in [0.1, 0.15) is 12.2 Å². The van der Waals surface area contributed by atoms with Crippen LogP contribution in [0.2, 0.25) is 0 Å². The van der Waals surface area contributed by atoms with E-state index >= 15 is 0 Å². The van der Waals surface area contributed by atoms with E-state index in [1.165, 1.54) is 32.6 Å². The molecule has 0 saturated heterocycles. The van der Waals surface area contributed by atoms with Crippen molar-refractivity contribution >= 4 is 29.2 Å². The molecule has 8 nitrogen and oxygen atoms in total. The van der Waals surface area contributed by atoms with E-state index in [9.17, 15) is 9.59 Å². The van der Waals surface area contributed by atoms with Crippen molar-refractivity contribution in [2.75, 3.05) is 33.8 Å². The predicted octanol–water partition coefficient (Wildman–Crippen LogP) is 6.70. The number of fused-ring (bicyclic) bond motifs is 1. The van der Waals surface area contributed by atoms with Gasteiger partial charge in [0.15, 0.2) is 0 Å². The topological polar surface area (TPSA) is 84.9 Å². The van der Waals surface area contributed by atoms with Gasteiger partial charge in [-0.25, -0.2) is 9.78 Å². The second-order valence-corrected chi connectivity index (χ2v) is 11.8. The highest BCUT2D eigenvalue weighted by Gasteiger charge is 2.23. The lowest BCUT2D eigenvalue weighted by molar-refractivity contribution is -0.123. The Morgan fingerprint density at radius 3 is 2.39 bits per heavy atom. The van der Waals surface area contributed by atoms with Crippen molar-refractivity contribution in [2.24, 2.45) is 0 Å². The first-order valence-corrected chi connectivity index (χ1v) is 14.9. The number of likely N-dealkylation sites (N-methyl/N-ethyl adjacent to an activating group) is 1. The molecule has 2 aromatic heterocycles. The van der Waals surface area contributed by atoms with Gasteiger partial charge in [-0.05, 0) is 73.2 Å². The van der Waals surface area contributed by atoms with Crippen LogP contribution in [0.1, 0.15) is 56.5 Å². The van der Waals surface area contributed by atoms with Crippen LogP contribution in [0.4, 0.5) is 4.79 Å². The maximum atomic E-state index is 12.8. The molecule has 0 atom stereocenters. The van der Waals surface area contributed by atoms with Gasteiger partial charge in [0, 0.05) is 57.2 Å². The van der Waals surface area contributed by atoms with Gasteiger partial charge in [-0.2, -0.15) is 0 Å². The molecule has 0 fully saturated rings. The minimum Gasteiger partial charge on any atom is -0.476 e. The summed E-state index contributed by atoms with van der Waals surface area (Å²) < 4.78 is 11.5. The first kappa shape index (κ1) is 32.2. The van der Waals surface area contributed by atoms with Crippen LogP contribution >= 0.6 is 0 Å². The van der Waals surface area contributed by atoms with Crippen LogP contribution in [0.3, 0.4) is 0 Å². The highest BCUT2D eigenvalue weighted by Crippen LogP contribution is 2.39. The number of carbonyl (C=O) groups excluding carboxylic acids is 2. The van der Waals surface area contributed by atoms with Crippen LogP contribution < -0.4 is 4.74 Å². The summed E-state index contributed by atoms with van der Waals surface area (Å²) in [5.74, 6) is 0.300. The standard InChI is InChI=1S/C36H42N4O4/c1-7-30(26-13-9-8-10-14-26)34(29-23-27-15-11-19-37-31(27)24-29)28-17-18-32(38-25-28)43-22-21-40(35(42)44-36(2,3)4)20-12-16-33(41)39(5)6/h8-19,23,25H,7,20-22,24H2,1-6H3/b16-12+,34-30+. The Labute approximate surface area is 260 Å². The van der Waals surface area contributed by atoms with Crippen molar-refractivity contribution in [1.29, 1.82) is 0 Å². The maximum Gasteiger partial charge on any atom is 0.410 e. The van der Waals surface area contributed by atoms with E-state index in [0.717, 1.165) is 35.2 Å². The van der Waals surface area contributed by atoms with Crippen molar-refractivity contribution in [1.82, 2.24) is 19.8 Å². The number of nitrogens with zero attached hydrogens (tertiary/aromatic N) is 4. The number of rotatable bonds is 11. The largest absolute Gasteiger partial charge is 0.476 e. The molecule has 0 spiro atoms. The number of pyridine rings is 2. The molecule has 1 aliphatic rings. The fraction of sp³-hybridized carbons (Fsp3) is 0.333. The Kier molecular flexibility index (Phi) is 10.7. The summed E-state index contributed by atoms with van der Waals surface area (Å²) in [6, 6.07) is 18.4. The van der Waals surface area contributed by atoms with Crippen LogP contribution in [-0.4, -0.2) is 71.2 Å². The third-order valence-corrected chi connectivity index (χ3v) is 7.03. The van der Waals surface area contributed by atoms with Gasteiger partial charge in [-0.1, -0.05) is 49.4 Å². The molecule has 0 aliphatic heterocycles. The Balaban J connectivity index is 1.52. The third kappa shape index (κ3) is 8.66. The second kappa shape index (κ2) is 14.6. The van der Waals surface area contributed by atoms with Crippen molar-refractivity contribution in [3.8, 4) is 5.88 Å². The summed E-state index contributed by atoms with van der Waals surface area (Å²) in [7, 11) is 3.35. The second-order valence-electron chi connectivity index (χ2n) is 11.8. The molecule has 2 amide bonds. The van der Waals surface area contributed by atoms with Crippen molar-refractivity contribution in [3.63, 3.8) is 0 Å². The van der Waals surface area contributed by atoms with Gasteiger partial charge >= 0.3 is 6.09 Å².